The van der Waals surface area contributed by atoms with Crippen molar-refractivity contribution in [3.8, 4) is 0 Å². The van der Waals surface area contributed by atoms with Crippen molar-refractivity contribution >= 4 is 17.5 Å². The average Bonchev–Trinajstić information content (AvgIpc) is 3.15. The molecule has 2 heterocycles. The van der Waals surface area contributed by atoms with Gasteiger partial charge in [-0.2, -0.15) is 0 Å². The second kappa shape index (κ2) is 7.12. The summed E-state index contributed by atoms with van der Waals surface area (Å²) in [5.41, 5.74) is -0.776. The summed E-state index contributed by atoms with van der Waals surface area (Å²) >= 11 is 0. The number of carbonyl (C=O) groups is 2. The number of amides is 2. The Kier molecular flexibility index (Phi) is 4.78. The summed E-state index contributed by atoms with van der Waals surface area (Å²) < 4.78 is 32.3. The first-order valence-electron chi connectivity index (χ1n) is 9.27. The molecule has 7 nitrogen and oxygen atoms in total. The second-order valence-electron chi connectivity index (χ2n) is 7.71. The molecule has 2 amide bonds. The molecule has 1 saturated heterocycles. The van der Waals surface area contributed by atoms with E-state index in [4.69, 9.17) is 9.57 Å². The smallest absolute Gasteiger partial charge is 0.267 e. The van der Waals surface area contributed by atoms with Crippen molar-refractivity contribution in [2.45, 2.75) is 56.4 Å². The third kappa shape index (κ3) is 3.99. The van der Waals surface area contributed by atoms with Gasteiger partial charge in [0.15, 0.2) is 0 Å². The maximum absolute atomic E-state index is 13.4. The number of benzene rings is 1. The summed E-state index contributed by atoms with van der Waals surface area (Å²) in [5, 5.41) is 9.55. The van der Waals surface area contributed by atoms with Gasteiger partial charge in [-0.1, -0.05) is 5.16 Å². The van der Waals surface area contributed by atoms with E-state index in [0.29, 0.717) is 12.1 Å². The summed E-state index contributed by atoms with van der Waals surface area (Å²) in [4.78, 5) is 30.0. The van der Waals surface area contributed by atoms with Crippen LogP contribution in [0.15, 0.2) is 23.4 Å². The van der Waals surface area contributed by atoms with E-state index in [1.54, 1.807) is 6.92 Å². The van der Waals surface area contributed by atoms with Gasteiger partial charge in [-0.25, -0.2) is 8.78 Å². The molecule has 2 fully saturated rings. The molecule has 3 aliphatic rings. The molecule has 0 bridgehead atoms. The minimum Gasteiger partial charge on any atom is -0.379 e. The lowest BCUT2D eigenvalue weighted by molar-refractivity contribution is -0.142. The maximum Gasteiger partial charge on any atom is 0.267 e. The van der Waals surface area contributed by atoms with Crippen LogP contribution in [0.2, 0.25) is 0 Å². The molecule has 150 valence electrons. The zero-order valence-electron chi connectivity index (χ0n) is 15.3. The lowest BCUT2D eigenvalue weighted by Gasteiger charge is -2.22. The Labute approximate surface area is 160 Å². The molecule has 0 radical (unpaired) electrons. The Morgan fingerprint density at radius 1 is 1.14 bits per heavy atom. The first-order chi connectivity index (χ1) is 13.3. The summed E-state index contributed by atoms with van der Waals surface area (Å²) in [5.74, 6) is -2.02. The number of hydrogen-bond acceptors (Lipinski definition) is 5. The lowest BCUT2D eigenvalue weighted by Crippen LogP contribution is -2.49. The Morgan fingerprint density at radius 3 is 2.54 bits per heavy atom. The summed E-state index contributed by atoms with van der Waals surface area (Å²) in [6.07, 6.45) is 1.85. The number of carbonyl (C=O) groups excluding carboxylic acids is 2. The van der Waals surface area contributed by atoms with Crippen LogP contribution in [0.1, 0.15) is 38.2 Å². The van der Waals surface area contributed by atoms with Crippen molar-refractivity contribution in [2.24, 2.45) is 5.16 Å². The second-order valence-corrected chi connectivity index (χ2v) is 7.71. The molecule has 2 N–H and O–H groups in total. The Morgan fingerprint density at radius 2 is 1.86 bits per heavy atom. The van der Waals surface area contributed by atoms with E-state index in [-0.39, 0.29) is 36.6 Å². The van der Waals surface area contributed by atoms with Gasteiger partial charge in [-0.15, -0.1) is 0 Å². The van der Waals surface area contributed by atoms with Crippen LogP contribution in [0.25, 0.3) is 0 Å². The van der Waals surface area contributed by atoms with Gasteiger partial charge in [0.2, 0.25) is 11.5 Å². The lowest BCUT2D eigenvalue weighted by atomic mass is 9.94. The van der Waals surface area contributed by atoms with Gasteiger partial charge >= 0.3 is 0 Å². The van der Waals surface area contributed by atoms with E-state index >= 15 is 0 Å². The Balaban J connectivity index is 1.33. The molecular weight excluding hydrogens is 372 g/mol. The Hall–Kier alpha value is -2.55. The number of rotatable bonds is 5. The monoisotopic (exact) mass is 393 g/mol. The largest absolute Gasteiger partial charge is 0.379 e. The topological polar surface area (TPSA) is 89.0 Å². The van der Waals surface area contributed by atoms with Crippen LogP contribution in [0.5, 0.6) is 0 Å². The fraction of sp³-hybridized carbons (Fsp3) is 0.526. The highest BCUT2D eigenvalue weighted by atomic mass is 19.1. The highest BCUT2D eigenvalue weighted by Gasteiger charge is 2.44. The van der Waals surface area contributed by atoms with E-state index in [0.717, 1.165) is 31.0 Å². The van der Waals surface area contributed by atoms with E-state index in [9.17, 15) is 18.4 Å². The Bertz CT molecular complexity index is 822. The minimum atomic E-state index is -1.30. The van der Waals surface area contributed by atoms with Crippen LogP contribution < -0.4 is 10.6 Å². The van der Waals surface area contributed by atoms with Crippen LogP contribution in [-0.4, -0.2) is 47.9 Å². The first-order valence-corrected chi connectivity index (χ1v) is 9.27. The van der Waals surface area contributed by atoms with Crippen molar-refractivity contribution < 1.29 is 27.9 Å². The van der Waals surface area contributed by atoms with Crippen molar-refractivity contribution in [3.05, 3.63) is 35.4 Å². The third-order valence-electron chi connectivity index (χ3n) is 5.09. The van der Waals surface area contributed by atoms with Crippen LogP contribution in [0.3, 0.4) is 0 Å². The normalized spacial score (nSPS) is 29.2. The van der Waals surface area contributed by atoms with E-state index < -0.39 is 29.2 Å². The molecule has 2 aliphatic heterocycles. The number of oxime groups is 1. The standard InChI is InChI=1S/C19H21F2N3O4/c1-19(8-15(24-28-19)10-4-11(20)6-12(21)5-10)18(26)23-14-7-16(27-9-14)17(25)22-13-2-3-13/h4-6,13-14,16H,2-3,7-9H2,1H3,(H,22,25)(H,23,26)/t14-,16-,19?/m0/s1. The van der Waals surface area contributed by atoms with Crippen molar-refractivity contribution in [1.29, 1.82) is 0 Å². The van der Waals surface area contributed by atoms with Gasteiger partial charge in [0.05, 0.1) is 18.4 Å². The van der Waals surface area contributed by atoms with Gasteiger partial charge in [-0.3, -0.25) is 9.59 Å². The molecule has 1 aromatic carbocycles. The van der Waals surface area contributed by atoms with Crippen molar-refractivity contribution in [2.75, 3.05) is 6.61 Å². The highest BCUT2D eigenvalue weighted by molar-refractivity contribution is 6.05. The van der Waals surface area contributed by atoms with Gasteiger partial charge < -0.3 is 20.2 Å². The summed E-state index contributed by atoms with van der Waals surface area (Å²) in [7, 11) is 0. The van der Waals surface area contributed by atoms with Gasteiger partial charge in [0, 0.05) is 30.5 Å². The van der Waals surface area contributed by atoms with E-state index in [1.165, 1.54) is 0 Å². The maximum atomic E-state index is 13.4. The molecule has 0 spiro atoms. The van der Waals surface area contributed by atoms with E-state index in [1.807, 2.05) is 0 Å². The third-order valence-corrected chi connectivity index (χ3v) is 5.09. The van der Waals surface area contributed by atoms with Gasteiger partial charge in [0.25, 0.3) is 5.91 Å². The van der Waals surface area contributed by atoms with Crippen LogP contribution in [0, 0.1) is 11.6 Å². The number of nitrogens with one attached hydrogen (secondary N) is 2. The van der Waals surface area contributed by atoms with Crippen LogP contribution >= 0.6 is 0 Å². The highest BCUT2D eigenvalue weighted by Crippen LogP contribution is 2.28. The average molecular weight is 393 g/mol. The molecule has 9 heteroatoms. The zero-order chi connectivity index (χ0) is 19.9. The quantitative estimate of drug-likeness (QED) is 0.792. The van der Waals surface area contributed by atoms with Crippen molar-refractivity contribution in [3.63, 3.8) is 0 Å². The fourth-order valence-corrected chi connectivity index (χ4v) is 3.31. The summed E-state index contributed by atoms with van der Waals surface area (Å²) in [6, 6.07) is 2.98. The predicted molar refractivity (Wildman–Crippen MR) is 94.5 cm³/mol. The van der Waals surface area contributed by atoms with Gasteiger partial charge in [0.1, 0.15) is 17.7 Å². The first kappa shape index (κ1) is 18.8. The van der Waals surface area contributed by atoms with Gasteiger partial charge in [-0.05, 0) is 31.9 Å². The minimum absolute atomic E-state index is 0.0703. The number of halogens is 2. The number of hydrogen-bond donors (Lipinski definition) is 2. The molecule has 4 rings (SSSR count). The molecular formula is C19H21F2N3O4. The molecule has 1 unspecified atom stereocenters. The molecule has 0 aromatic heterocycles. The number of nitrogens with zero attached hydrogens (tertiary/aromatic N) is 1. The predicted octanol–water partition coefficient (Wildman–Crippen LogP) is 1.40. The van der Waals surface area contributed by atoms with Crippen LogP contribution in [0.4, 0.5) is 8.78 Å². The molecule has 1 aromatic rings. The summed E-state index contributed by atoms with van der Waals surface area (Å²) in [6.45, 7) is 1.79. The SMILES string of the molecule is CC1(C(=O)N[C@@H]2CO[C@H](C(=O)NC3CC3)C2)CC(c2cc(F)cc(F)c2)=NO1. The fourth-order valence-electron chi connectivity index (χ4n) is 3.31. The van der Waals surface area contributed by atoms with Crippen molar-refractivity contribution in [1.82, 2.24) is 10.6 Å². The zero-order valence-corrected chi connectivity index (χ0v) is 15.3. The van der Waals surface area contributed by atoms with E-state index in [2.05, 4.69) is 15.8 Å². The molecule has 3 atom stereocenters. The molecule has 1 saturated carbocycles. The molecule has 1 aliphatic carbocycles. The number of ether oxygens (including phenoxy) is 1. The molecule has 28 heavy (non-hydrogen) atoms. The van der Waals surface area contributed by atoms with Crippen LogP contribution in [-0.2, 0) is 19.2 Å².